The fourth-order valence-corrected chi connectivity index (χ4v) is 2.67. The van der Waals surface area contributed by atoms with Gasteiger partial charge in [0.25, 0.3) is 5.91 Å². The fraction of sp³-hybridized carbons (Fsp3) is 0.211. The Morgan fingerprint density at radius 2 is 2.00 bits per heavy atom. The predicted molar refractivity (Wildman–Crippen MR) is 92.4 cm³/mol. The molecule has 0 bridgehead atoms. The van der Waals surface area contributed by atoms with E-state index in [4.69, 9.17) is 0 Å². The van der Waals surface area contributed by atoms with Crippen LogP contribution in [0.1, 0.15) is 34.8 Å². The molecule has 23 heavy (non-hydrogen) atoms. The number of amides is 1. The molecule has 116 valence electrons. The van der Waals surface area contributed by atoms with Crippen molar-refractivity contribution in [2.75, 3.05) is 0 Å². The van der Waals surface area contributed by atoms with Gasteiger partial charge in [-0.3, -0.25) is 9.78 Å². The van der Waals surface area contributed by atoms with Crippen molar-refractivity contribution < 1.29 is 4.79 Å². The molecule has 1 aromatic heterocycles. The van der Waals surface area contributed by atoms with Crippen LogP contribution >= 0.6 is 0 Å². The maximum absolute atomic E-state index is 12.5. The first kappa shape index (κ1) is 15.2. The quantitative estimate of drug-likeness (QED) is 0.917. The highest BCUT2D eigenvalue weighted by Gasteiger charge is 2.13. The Balaban J connectivity index is 1.90. The first-order valence-electron chi connectivity index (χ1n) is 7.61. The second kappa shape index (κ2) is 6.16. The summed E-state index contributed by atoms with van der Waals surface area (Å²) in [7, 11) is 0. The van der Waals surface area contributed by atoms with E-state index < -0.39 is 0 Å². The lowest BCUT2D eigenvalue weighted by molar-refractivity contribution is 0.0976. The molecule has 1 N–H and O–H groups in total. The van der Waals surface area contributed by atoms with E-state index in [2.05, 4.69) is 21.4 Å². The summed E-state index contributed by atoms with van der Waals surface area (Å²) in [6, 6.07) is 7.83. The molecule has 0 unspecified atom stereocenters. The van der Waals surface area contributed by atoms with E-state index in [1.165, 1.54) is 0 Å². The maximum atomic E-state index is 12.5. The van der Waals surface area contributed by atoms with Gasteiger partial charge in [0, 0.05) is 35.6 Å². The molecule has 0 radical (unpaired) electrons. The maximum Gasteiger partial charge on any atom is 0.256 e. The number of hydrogen-bond acceptors (Lipinski definition) is 3. The van der Waals surface area contributed by atoms with Gasteiger partial charge in [-0.25, -0.2) is 4.99 Å². The number of nitrogens with zero attached hydrogens (tertiary/aromatic N) is 2. The molecule has 4 nitrogen and oxygen atoms in total. The van der Waals surface area contributed by atoms with E-state index in [0.717, 1.165) is 28.0 Å². The number of aliphatic imine (C=N–C) groups is 1. The van der Waals surface area contributed by atoms with Crippen LogP contribution in [0, 0.1) is 13.8 Å². The van der Waals surface area contributed by atoms with Gasteiger partial charge in [-0.15, -0.1) is 0 Å². The van der Waals surface area contributed by atoms with Gasteiger partial charge in [0.2, 0.25) is 0 Å². The Labute approximate surface area is 136 Å². The van der Waals surface area contributed by atoms with Crippen molar-refractivity contribution in [1.82, 2.24) is 10.3 Å². The molecule has 4 heteroatoms. The normalized spacial score (nSPS) is 13.5. The summed E-state index contributed by atoms with van der Waals surface area (Å²) in [4.78, 5) is 21.0. The predicted octanol–water partition coefficient (Wildman–Crippen LogP) is 3.80. The third-order valence-corrected chi connectivity index (χ3v) is 3.85. The van der Waals surface area contributed by atoms with E-state index >= 15 is 0 Å². The van der Waals surface area contributed by atoms with Gasteiger partial charge in [-0.05, 0) is 55.7 Å². The molecular weight excluding hydrogens is 286 g/mol. The molecule has 0 saturated heterocycles. The standard InChI is InChI=1S/C19H19N3O/c1-12-8-15(17-11-20-7-6-13(17)2)10-16(9-12)19(23)22-18-5-4-14(3)21-18/h4,6-11H,5H2,1-3H3,(H,21,22,23). The number of hydrogen-bond donors (Lipinski definition) is 1. The summed E-state index contributed by atoms with van der Waals surface area (Å²) in [6.45, 7) is 5.96. The Hall–Kier alpha value is -2.75. The zero-order valence-corrected chi connectivity index (χ0v) is 13.6. The molecule has 2 aromatic rings. The summed E-state index contributed by atoms with van der Waals surface area (Å²) < 4.78 is 0. The van der Waals surface area contributed by atoms with Gasteiger partial charge in [0.1, 0.15) is 5.84 Å². The number of rotatable bonds is 2. The SMILES string of the molecule is CC1=CCC(NC(=O)c2cc(C)cc(-c3cnccc3C)c2)=N1. The molecule has 0 atom stereocenters. The van der Waals surface area contributed by atoms with Gasteiger partial charge < -0.3 is 5.32 Å². The molecule has 1 aliphatic heterocycles. The van der Waals surface area contributed by atoms with E-state index in [1.807, 2.05) is 51.2 Å². The second-order valence-electron chi connectivity index (χ2n) is 5.84. The van der Waals surface area contributed by atoms with Crippen LogP contribution in [0.3, 0.4) is 0 Å². The first-order valence-corrected chi connectivity index (χ1v) is 7.61. The van der Waals surface area contributed by atoms with Gasteiger partial charge in [0.15, 0.2) is 0 Å². The van der Waals surface area contributed by atoms with Crippen LogP contribution < -0.4 is 5.32 Å². The van der Waals surface area contributed by atoms with E-state index in [1.54, 1.807) is 6.20 Å². The Morgan fingerprint density at radius 3 is 2.70 bits per heavy atom. The number of carbonyl (C=O) groups excluding carboxylic acids is 1. The highest BCUT2D eigenvalue weighted by atomic mass is 16.1. The first-order chi connectivity index (χ1) is 11.0. The monoisotopic (exact) mass is 305 g/mol. The van der Waals surface area contributed by atoms with Crippen LogP contribution in [0.4, 0.5) is 0 Å². The van der Waals surface area contributed by atoms with Gasteiger partial charge in [0.05, 0.1) is 0 Å². The minimum absolute atomic E-state index is 0.127. The number of allylic oxidation sites excluding steroid dienone is 1. The molecule has 3 rings (SSSR count). The average molecular weight is 305 g/mol. The molecule has 0 saturated carbocycles. The molecule has 1 aliphatic rings. The van der Waals surface area contributed by atoms with Crippen LogP contribution in [0.25, 0.3) is 11.1 Å². The average Bonchev–Trinajstić information content (AvgIpc) is 2.92. The summed E-state index contributed by atoms with van der Waals surface area (Å²) in [5.41, 5.74) is 5.80. The smallest absolute Gasteiger partial charge is 0.256 e. The minimum atomic E-state index is -0.127. The Bertz CT molecular complexity index is 834. The van der Waals surface area contributed by atoms with Crippen LogP contribution in [0.15, 0.2) is 53.4 Å². The van der Waals surface area contributed by atoms with Crippen molar-refractivity contribution in [2.45, 2.75) is 27.2 Å². The third kappa shape index (κ3) is 3.37. The van der Waals surface area contributed by atoms with Crippen LogP contribution in [-0.4, -0.2) is 16.7 Å². The summed E-state index contributed by atoms with van der Waals surface area (Å²) in [5.74, 6) is 0.575. The molecular formula is C19H19N3O. The Kier molecular flexibility index (Phi) is 4.06. The highest BCUT2D eigenvalue weighted by molar-refractivity contribution is 6.08. The zero-order chi connectivity index (χ0) is 16.4. The number of pyridine rings is 1. The summed E-state index contributed by atoms with van der Waals surface area (Å²) in [6.07, 6.45) is 6.28. The lowest BCUT2D eigenvalue weighted by Gasteiger charge is -2.10. The number of aromatic nitrogens is 1. The number of amidine groups is 1. The van der Waals surface area contributed by atoms with Gasteiger partial charge in [-0.2, -0.15) is 0 Å². The summed E-state index contributed by atoms with van der Waals surface area (Å²) in [5, 5.41) is 2.89. The summed E-state index contributed by atoms with van der Waals surface area (Å²) >= 11 is 0. The largest absolute Gasteiger partial charge is 0.310 e. The zero-order valence-electron chi connectivity index (χ0n) is 13.6. The van der Waals surface area contributed by atoms with E-state index in [-0.39, 0.29) is 5.91 Å². The van der Waals surface area contributed by atoms with Crippen molar-refractivity contribution >= 4 is 11.7 Å². The highest BCUT2D eigenvalue weighted by Crippen LogP contribution is 2.24. The molecule has 0 aliphatic carbocycles. The van der Waals surface area contributed by atoms with Crippen LogP contribution in [0.2, 0.25) is 0 Å². The minimum Gasteiger partial charge on any atom is -0.310 e. The number of aryl methyl sites for hydroxylation is 2. The second-order valence-corrected chi connectivity index (χ2v) is 5.84. The number of benzene rings is 1. The lowest BCUT2D eigenvalue weighted by atomic mass is 9.98. The van der Waals surface area contributed by atoms with Gasteiger partial charge in [-0.1, -0.05) is 12.1 Å². The van der Waals surface area contributed by atoms with Crippen molar-refractivity contribution in [3.63, 3.8) is 0 Å². The van der Waals surface area contributed by atoms with Crippen LogP contribution in [0.5, 0.6) is 0 Å². The molecule has 0 fully saturated rings. The van der Waals surface area contributed by atoms with Crippen molar-refractivity contribution in [1.29, 1.82) is 0 Å². The fourth-order valence-electron chi connectivity index (χ4n) is 2.67. The molecule has 0 spiro atoms. The van der Waals surface area contributed by atoms with E-state index in [9.17, 15) is 4.79 Å². The molecule has 2 heterocycles. The van der Waals surface area contributed by atoms with E-state index in [0.29, 0.717) is 17.8 Å². The molecule has 1 amide bonds. The van der Waals surface area contributed by atoms with Crippen molar-refractivity contribution in [3.8, 4) is 11.1 Å². The lowest BCUT2D eigenvalue weighted by Crippen LogP contribution is -2.29. The number of carbonyl (C=O) groups is 1. The van der Waals surface area contributed by atoms with Gasteiger partial charge >= 0.3 is 0 Å². The number of nitrogens with one attached hydrogen (secondary N) is 1. The van der Waals surface area contributed by atoms with Crippen LogP contribution in [-0.2, 0) is 0 Å². The van der Waals surface area contributed by atoms with Crippen molar-refractivity contribution in [2.24, 2.45) is 4.99 Å². The molecule has 1 aromatic carbocycles. The van der Waals surface area contributed by atoms with Crippen molar-refractivity contribution in [3.05, 3.63) is 65.1 Å². The third-order valence-electron chi connectivity index (χ3n) is 3.85. The topological polar surface area (TPSA) is 54.4 Å². The Morgan fingerprint density at radius 1 is 1.17 bits per heavy atom.